The molecule has 0 spiro atoms. The minimum atomic E-state index is 1.15. The first kappa shape index (κ1) is 25.3. The van der Waals surface area contributed by atoms with E-state index in [-0.39, 0.29) is 0 Å². The Kier molecular flexibility index (Phi) is 5.02. The standard InChI is InChI=1S/C44H26N2S/c1-5-16-37-30(12-1)31-13-2-6-17-38(31)45(37)28-10-9-11-29(26-28)46-39-18-7-3-14-32(39)34-24-23-33-35(44(34)46)22-20-27-21-25-41-43(42(27)33)36-15-4-8-19-40(36)47-41/h1-26H. The molecule has 0 atom stereocenters. The molecule has 0 saturated heterocycles. The Bertz CT molecular complexity index is 3030. The molecule has 0 aliphatic carbocycles. The van der Waals surface area contributed by atoms with Crippen LogP contribution in [0.1, 0.15) is 0 Å². The predicted molar refractivity (Wildman–Crippen MR) is 203 cm³/mol. The molecule has 0 N–H and O–H groups in total. The van der Waals surface area contributed by atoms with Gasteiger partial charge in [0.05, 0.1) is 22.1 Å². The van der Waals surface area contributed by atoms with E-state index in [4.69, 9.17) is 0 Å². The van der Waals surface area contributed by atoms with Gasteiger partial charge in [0.1, 0.15) is 0 Å². The van der Waals surface area contributed by atoms with Crippen LogP contribution in [0.15, 0.2) is 158 Å². The molecule has 11 rings (SSSR count). The number of fused-ring (bicyclic) bond motifs is 14. The Balaban J connectivity index is 1.26. The van der Waals surface area contributed by atoms with Gasteiger partial charge < -0.3 is 9.13 Å². The average Bonchev–Trinajstić information content (AvgIpc) is 3.79. The van der Waals surface area contributed by atoms with E-state index in [1.165, 1.54) is 85.3 Å². The van der Waals surface area contributed by atoms with Crippen LogP contribution in [-0.2, 0) is 0 Å². The number of rotatable bonds is 2. The second kappa shape index (κ2) is 9.32. The van der Waals surface area contributed by atoms with E-state index in [2.05, 4.69) is 167 Å². The third-order valence-electron chi connectivity index (χ3n) is 10.1. The van der Waals surface area contributed by atoms with E-state index in [9.17, 15) is 0 Å². The van der Waals surface area contributed by atoms with Crippen molar-refractivity contribution in [3.63, 3.8) is 0 Å². The molecule has 8 aromatic carbocycles. The summed E-state index contributed by atoms with van der Waals surface area (Å²) in [5, 5.41) is 13.0. The summed E-state index contributed by atoms with van der Waals surface area (Å²) in [5.41, 5.74) is 7.22. The fraction of sp³-hybridized carbons (Fsp3) is 0. The van der Waals surface area contributed by atoms with Crippen LogP contribution in [0.3, 0.4) is 0 Å². The van der Waals surface area contributed by atoms with Gasteiger partial charge >= 0.3 is 0 Å². The minimum absolute atomic E-state index is 1.15. The maximum absolute atomic E-state index is 2.49. The normalized spacial score (nSPS) is 12.3. The van der Waals surface area contributed by atoms with Crippen LogP contribution in [0.4, 0.5) is 0 Å². The molecule has 3 heteroatoms. The maximum Gasteiger partial charge on any atom is 0.0619 e. The van der Waals surface area contributed by atoms with Crippen LogP contribution >= 0.6 is 11.3 Å². The van der Waals surface area contributed by atoms with Gasteiger partial charge in [0.15, 0.2) is 0 Å². The highest BCUT2D eigenvalue weighted by molar-refractivity contribution is 7.26. The zero-order valence-corrected chi connectivity index (χ0v) is 26.1. The molecule has 0 saturated carbocycles. The van der Waals surface area contributed by atoms with Gasteiger partial charge in [-0.2, -0.15) is 0 Å². The van der Waals surface area contributed by atoms with Crippen molar-refractivity contribution in [2.45, 2.75) is 0 Å². The summed E-state index contributed by atoms with van der Waals surface area (Å²) in [6.07, 6.45) is 0. The summed E-state index contributed by atoms with van der Waals surface area (Å²) < 4.78 is 7.57. The first-order chi connectivity index (χ1) is 23.3. The highest BCUT2D eigenvalue weighted by Crippen LogP contribution is 2.44. The number of hydrogen-bond acceptors (Lipinski definition) is 1. The van der Waals surface area contributed by atoms with Gasteiger partial charge in [0.25, 0.3) is 0 Å². The number of nitrogens with zero attached hydrogens (tertiary/aromatic N) is 2. The zero-order valence-electron chi connectivity index (χ0n) is 25.3. The number of para-hydroxylation sites is 3. The predicted octanol–water partition coefficient (Wildman–Crippen LogP) is 12.6. The van der Waals surface area contributed by atoms with E-state index in [0.29, 0.717) is 0 Å². The van der Waals surface area contributed by atoms with Crippen LogP contribution < -0.4 is 0 Å². The molecule has 2 nitrogen and oxygen atoms in total. The van der Waals surface area contributed by atoms with Crippen LogP contribution in [0.5, 0.6) is 0 Å². The lowest BCUT2D eigenvalue weighted by atomic mass is 9.96. The molecule has 0 aliphatic heterocycles. The number of benzene rings is 8. The van der Waals surface area contributed by atoms with E-state index >= 15 is 0 Å². The van der Waals surface area contributed by atoms with E-state index in [1.807, 2.05) is 11.3 Å². The molecule has 0 unspecified atom stereocenters. The third kappa shape index (κ3) is 3.39. The molecule has 11 aromatic rings. The Morgan fingerprint density at radius 2 is 0.872 bits per heavy atom. The Morgan fingerprint density at radius 3 is 1.62 bits per heavy atom. The Morgan fingerprint density at radius 1 is 0.340 bits per heavy atom. The fourth-order valence-corrected chi connectivity index (χ4v) is 9.26. The van der Waals surface area contributed by atoms with Crippen molar-refractivity contribution >= 4 is 96.7 Å². The molecule has 3 aromatic heterocycles. The van der Waals surface area contributed by atoms with Gasteiger partial charge in [0, 0.05) is 58.5 Å². The summed E-state index contributed by atoms with van der Waals surface area (Å²) >= 11 is 1.89. The molecule has 0 aliphatic rings. The second-order valence-electron chi connectivity index (χ2n) is 12.5. The molecule has 3 heterocycles. The van der Waals surface area contributed by atoms with Crippen LogP contribution in [-0.4, -0.2) is 9.13 Å². The lowest BCUT2D eigenvalue weighted by molar-refractivity contribution is 1.14. The molecular formula is C44H26N2S. The van der Waals surface area contributed by atoms with E-state index < -0.39 is 0 Å². The minimum Gasteiger partial charge on any atom is -0.309 e. The van der Waals surface area contributed by atoms with Crippen molar-refractivity contribution in [1.82, 2.24) is 9.13 Å². The summed E-state index contributed by atoms with van der Waals surface area (Å²) in [6, 6.07) is 58.2. The highest BCUT2D eigenvalue weighted by Gasteiger charge is 2.19. The molecule has 0 radical (unpaired) electrons. The summed E-state index contributed by atoms with van der Waals surface area (Å²) in [7, 11) is 0. The molecule has 47 heavy (non-hydrogen) atoms. The number of aromatic nitrogens is 2. The molecule has 218 valence electrons. The van der Waals surface area contributed by atoms with Gasteiger partial charge in [-0.15, -0.1) is 11.3 Å². The van der Waals surface area contributed by atoms with Crippen molar-refractivity contribution in [3.05, 3.63) is 158 Å². The van der Waals surface area contributed by atoms with Gasteiger partial charge in [-0.25, -0.2) is 0 Å². The SMILES string of the molecule is c1cc(-n2c3ccccc3c3ccccc32)cc(-n2c3ccccc3c3ccc4c(ccc5ccc6sc7ccccc7c6c54)c32)c1. The summed E-state index contributed by atoms with van der Waals surface area (Å²) in [6.45, 7) is 0. The molecular weight excluding hydrogens is 589 g/mol. The van der Waals surface area contributed by atoms with Crippen LogP contribution in [0.25, 0.3) is 96.7 Å². The molecule has 0 amide bonds. The number of thiophene rings is 1. The number of hydrogen-bond donors (Lipinski definition) is 0. The largest absolute Gasteiger partial charge is 0.309 e. The maximum atomic E-state index is 2.49. The highest BCUT2D eigenvalue weighted by atomic mass is 32.1. The average molecular weight is 615 g/mol. The van der Waals surface area contributed by atoms with Crippen molar-refractivity contribution in [2.75, 3.05) is 0 Å². The van der Waals surface area contributed by atoms with Crippen molar-refractivity contribution < 1.29 is 0 Å². The van der Waals surface area contributed by atoms with Crippen molar-refractivity contribution in [2.24, 2.45) is 0 Å². The second-order valence-corrected chi connectivity index (χ2v) is 13.6. The fourth-order valence-electron chi connectivity index (χ4n) is 8.14. The zero-order chi connectivity index (χ0) is 30.6. The van der Waals surface area contributed by atoms with Gasteiger partial charge in [-0.3, -0.25) is 0 Å². The van der Waals surface area contributed by atoms with Gasteiger partial charge in [-0.1, -0.05) is 109 Å². The van der Waals surface area contributed by atoms with Crippen molar-refractivity contribution in [3.8, 4) is 11.4 Å². The molecule has 0 bridgehead atoms. The molecule has 0 fully saturated rings. The quantitative estimate of drug-likeness (QED) is 0.171. The first-order valence-corrected chi connectivity index (χ1v) is 16.9. The lowest BCUT2D eigenvalue weighted by Crippen LogP contribution is -1.99. The van der Waals surface area contributed by atoms with E-state index in [1.54, 1.807) is 0 Å². The van der Waals surface area contributed by atoms with Gasteiger partial charge in [0.2, 0.25) is 0 Å². The van der Waals surface area contributed by atoms with Crippen LogP contribution in [0.2, 0.25) is 0 Å². The smallest absolute Gasteiger partial charge is 0.0619 e. The summed E-state index contributed by atoms with van der Waals surface area (Å²) in [4.78, 5) is 0. The Labute approximate surface area is 273 Å². The Hall–Kier alpha value is -5.90. The van der Waals surface area contributed by atoms with Crippen molar-refractivity contribution in [1.29, 1.82) is 0 Å². The van der Waals surface area contributed by atoms with Crippen LogP contribution in [0, 0.1) is 0 Å². The monoisotopic (exact) mass is 614 g/mol. The topological polar surface area (TPSA) is 9.86 Å². The third-order valence-corrected chi connectivity index (χ3v) is 11.2. The van der Waals surface area contributed by atoms with E-state index in [0.717, 1.165) is 11.4 Å². The van der Waals surface area contributed by atoms with Gasteiger partial charge in [-0.05, 0) is 64.7 Å². The summed E-state index contributed by atoms with van der Waals surface area (Å²) in [5.74, 6) is 0. The lowest BCUT2D eigenvalue weighted by Gasteiger charge is -2.14. The first-order valence-electron chi connectivity index (χ1n) is 16.1.